The van der Waals surface area contributed by atoms with Crippen molar-refractivity contribution in [2.75, 3.05) is 11.9 Å². The third-order valence-corrected chi connectivity index (χ3v) is 5.14. The van der Waals surface area contributed by atoms with Crippen molar-refractivity contribution < 1.29 is 9.59 Å². The van der Waals surface area contributed by atoms with E-state index >= 15 is 0 Å². The predicted octanol–water partition coefficient (Wildman–Crippen LogP) is 4.55. The molecule has 3 rings (SSSR count). The lowest BCUT2D eigenvalue weighted by Crippen LogP contribution is -2.26. The Morgan fingerprint density at radius 3 is 2.69 bits per heavy atom. The summed E-state index contributed by atoms with van der Waals surface area (Å²) in [6.45, 7) is 4.90. The van der Waals surface area contributed by atoms with E-state index in [0.29, 0.717) is 28.6 Å². The first kappa shape index (κ1) is 18.3. The average Bonchev–Trinajstić information content (AvgIpc) is 2.62. The van der Waals surface area contributed by atoms with Gasteiger partial charge in [-0.3, -0.25) is 9.59 Å². The molecule has 134 valence electrons. The number of hydrogen-bond donors (Lipinski definition) is 2. The van der Waals surface area contributed by atoms with Crippen molar-refractivity contribution in [1.82, 2.24) is 5.32 Å². The lowest BCUT2D eigenvalue weighted by Gasteiger charge is -2.19. The van der Waals surface area contributed by atoms with Gasteiger partial charge in [-0.15, -0.1) is 0 Å². The van der Waals surface area contributed by atoms with Gasteiger partial charge in [0.2, 0.25) is 0 Å². The Kier molecular flexibility index (Phi) is 5.78. The Morgan fingerprint density at radius 1 is 1.19 bits per heavy atom. The van der Waals surface area contributed by atoms with Gasteiger partial charge < -0.3 is 10.6 Å². The summed E-state index contributed by atoms with van der Waals surface area (Å²) >= 11 is 1.42. The third-order valence-electron chi connectivity index (χ3n) is 4.04. The Balaban J connectivity index is 1.74. The summed E-state index contributed by atoms with van der Waals surface area (Å²) in [6.07, 6.45) is 2.81. The molecular weight excluding hydrogens is 344 g/mol. The van der Waals surface area contributed by atoms with E-state index in [1.807, 2.05) is 42.5 Å². The van der Waals surface area contributed by atoms with Crippen LogP contribution in [0.15, 0.2) is 58.3 Å². The number of fused-ring (bicyclic) bond motifs is 1. The van der Waals surface area contributed by atoms with Crippen LogP contribution >= 0.6 is 11.8 Å². The molecule has 0 saturated carbocycles. The number of nitrogens with one attached hydrogen (secondary N) is 2. The van der Waals surface area contributed by atoms with Gasteiger partial charge in [-0.2, -0.15) is 0 Å². The zero-order valence-corrected chi connectivity index (χ0v) is 15.7. The highest BCUT2D eigenvalue weighted by Gasteiger charge is 2.22. The van der Waals surface area contributed by atoms with Crippen LogP contribution in [0.25, 0.3) is 6.08 Å². The third kappa shape index (κ3) is 4.55. The zero-order valence-electron chi connectivity index (χ0n) is 14.9. The molecule has 2 N–H and O–H groups in total. The van der Waals surface area contributed by atoms with Crippen molar-refractivity contribution in [2.45, 2.75) is 25.2 Å². The van der Waals surface area contributed by atoms with Crippen LogP contribution in [0, 0.1) is 5.92 Å². The zero-order chi connectivity index (χ0) is 18.5. The standard InChI is InChI=1S/C21H22N2O2S/c1-14(2)10-11-22-20(24)16-8-9-18-17(13-16)23-21(25)19(26-18)12-15-6-4-3-5-7-15/h3-9,12-14H,10-11H2,1-2H3,(H,22,24)(H,23,25)/b19-12-. The van der Waals surface area contributed by atoms with E-state index in [0.717, 1.165) is 16.9 Å². The minimum atomic E-state index is -0.149. The van der Waals surface area contributed by atoms with Gasteiger partial charge in [0.15, 0.2) is 0 Å². The van der Waals surface area contributed by atoms with E-state index in [1.54, 1.807) is 12.1 Å². The topological polar surface area (TPSA) is 58.2 Å². The second-order valence-corrected chi connectivity index (χ2v) is 7.71. The first-order valence-corrected chi connectivity index (χ1v) is 9.53. The number of carbonyl (C=O) groups excluding carboxylic acids is 2. The molecular formula is C21H22N2O2S. The van der Waals surface area contributed by atoms with Gasteiger partial charge in [-0.1, -0.05) is 55.9 Å². The van der Waals surface area contributed by atoms with Gasteiger partial charge in [-0.05, 0) is 42.2 Å². The summed E-state index contributed by atoms with van der Waals surface area (Å²) in [5.41, 5.74) is 2.22. The number of hydrogen-bond acceptors (Lipinski definition) is 3. The highest BCUT2D eigenvalue weighted by molar-refractivity contribution is 8.04. The Morgan fingerprint density at radius 2 is 1.96 bits per heavy atom. The van der Waals surface area contributed by atoms with Crippen LogP contribution in [-0.4, -0.2) is 18.4 Å². The maximum Gasteiger partial charge on any atom is 0.262 e. The SMILES string of the molecule is CC(C)CCNC(=O)c1ccc2c(c1)NC(=O)/C(=C/c1ccccc1)S2. The molecule has 2 amide bonds. The van der Waals surface area contributed by atoms with E-state index < -0.39 is 0 Å². The van der Waals surface area contributed by atoms with Crippen molar-refractivity contribution >= 4 is 35.3 Å². The molecule has 4 nitrogen and oxygen atoms in total. The highest BCUT2D eigenvalue weighted by atomic mass is 32.2. The van der Waals surface area contributed by atoms with Crippen LogP contribution in [0.5, 0.6) is 0 Å². The molecule has 0 aliphatic carbocycles. The summed E-state index contributed by atoms with van der Waals surface area (Å²) in [5, 5.41) is 5.81. The maximum atomic E-state index is 12.4. The summed E-state index contributed by atoms with van der Waals surface area (Å²) in [4.78, 5) is 26.2. The van der Waals surface area contributed by atoms with Gasteiger partial charge in [-0.25, -0.2) is 0 Å². The van der Waals surface area contributed by atoms with Crippen LogP contribution < -0.4 is 10.6 Å². The molecule has 0 spiro atoms. The van der Waals surface area contributed by atoms with Gasteiger partial charge in [0.05, 0.1) is 10.6 Å². The van der Waals surface area contributed by atoms with Crippen LogP contribution in [0.1, 0.15) is 36.2 Å². The quantitative estimate of drug-likeness (QED) is 0.764. The molecule has 0 saturated heterocycles. The molecule has 1 aliphatic rings. The maximum absolute atomic E-state index is 12.4. The fourth-order valence-electron chi connectivity index (χ4n) is 2.58. The summed E-state index contributed by atoms with van der Waals surface area (Å²) in [6, 6.07) is 15.2. The predicted molar refractivity (Wildman–Crippen MR) is 107 cm³/mol. The second kappa shape index (κ2) is 8.23. The molecule has 2 aromatic carbocycles. The van der Waals surface area contributed by atoms with E-state index in [9.17, 15) is 9.59 Å². The molecule has 0 radical (unpaired) electrons. The van der Waals surface area contributed by atoms with Crippen LogP contribution in [0.4, 0.5) is 5.69 Å². The average molecular weight is 366 g/mol. The van der Waals surface area contributed by atoms with Gasteiger partial charge in [0, 0.05) is 17.0 Å². The molecule has 1 heterocycles. The van der Waals surface area contributed by atoms with Gasteiger partial charge >= 0.3 is 0 Å². The molecule has 2 aromatic rings. The van der Waals surface area contributed by atoms with Crippen LogP contribution in [0.2, 0.25) is 0 Å². The first-order chi connectivity index (χ1) is 12.5. The minimum absolute atomic E-state index is 0.113. The Bertz CT molecular complexity index is 844. The molecule has 0 fully saturated rings. The van der Waals surface area contributed by atoms with Gasteiger partial charge in [0.25, 0.3) is 11.8 Å². The summed E-state index contributed by atoms with van der Waals surface area (Å²) in [7, 11) is 0. The number of rotatable bonds is 5. The summed E-state index contributed by atoms with van der Waals surface area (Å²) in [5.74, 6) is 0.284. The normalized spacial score (nSPS) is 14.9. The van der Waals surface area contributed by atoms with Crippen molar-refractivity contribution in [2.24, 2.45) is 5.92 Å². The van der Waals surface area contributed by atoms with Crippen molar-refractivity contribution in [3.8, 4) is 0 Å². The van der Waals surface area contributed by atoms with E-state index in [1.165, 1.54) is 11.8 Å². The number of carbonyl (C=O) groups is 2. The van der Waals surface area contributed by atoms with Crippen LogP contribution in [0.3, 0.4) is 0 Å². The Hall–Kier alpha value is -2.53. The fraction of sp³-hybridized carbons (Fsp3) is 0.238. The number of amides is 2. The molecule has 5 heteroatoms. The molecule has 1 aliphatic heterocycles. The number of thioether (sulfide) groups is 1. The molecule has 0 bridgehead atoms. The smallest absolute Gasteiger partial charge is 0.262 e. The number of benzene rings is 2. The monoisotopic (exact) mass is 366 g/mol. The minimum Gasteiger partial charge on any atom is -0.352 e. The van der Waals surface area contributed by atoms with E-state index in [4.69, 9.17) is 0 Å². The summed E-state index contributed by atoms with van der Waals surface area (Å²) < 4.78 is 0. The molecule has 0 unspecified atom stereocenters. The fourth-order valence-corrected chi connectivity index (χ4v) is 3.51. The Labute approximate surface area is 158 Å². The molecule has 0 atom stereocenters. The van der Waals surface area contributed by atoms with Crippen LogP contribution in [-0.2, 0) is 4.79 Å². The van der Waals surface area contributed by atoms with Gasteiger partial charge in [0.1, 0.15) is 0 Å². The van der Waals surface area contributed by atoms with Crippen molar-refractivity contribution in [3.05, 3.63) is 64.6 Å². The lowest BCUT2D eigenvalue weighted by atomic mass is 10.1. The van der Waals surface area contributed by atoms with E-state index in [2.05, 4.69) is 24.5 Å². The largest absolute Gasteiger partial charge is 0.352 e. The molecule has 0 aromatic heterocycles. The molecule has 26 heavy (non-hydrogen) atoms. The highest BCUT2D eigenvalue weighted by Crippen LogP contribution is 2.39. The lowest BCUT2D eigenvalue weighted by molar-refractivity contribution is -0.112. The second-order valence-electron chi connectivity index (χ2n) is 6.62. The van der Waals surface area contributed by atoms with Crippen molar-refractivity contribution in [3.63, 3.8) is 0 Å². The van der Waals surface area contributed by atoms with E-state index in [-0.39, 0.29) is 11.8 Å². The van der Waals surface area contributed by atoms with Crippen molar-refractivity contribution in [1.29, 1.82) is 0 Å². The first-order valence-electron chi connectivity index (χ1n) is 8.71. The number of anilines is 1.